The molecule has 0 atom stereocenters. The maximum absolute atomic E-state index is 12.9. The zero-order chi connectivity index (χ0) is 23.9. The van der Waals surface area contributed by atoms with E-state index in [9.17, 15) is 4.79 Å². The summed E-state index contributed by atoms with van der Waals surface area (Å²) in [5.41, 5.74) is 1.99. The zero-order valence-electron chi connectivity index (χ0n) is 19.8. The number of morpholine rings is 1. The van der Waals surface area contributed by atoms with Gasteiger partial charge in [0.2, 0.25) is 0 Å². The Bertz CT molecular complexity index is 1120. The van der Waals surface area contributed by atoms with E-state index in [1.807, 2.05) is 24.3 Å². The molecule has 0 radical (unpaired) electrons. The van der Waals surface area contributed by atoms with E-state index in [1.165, 1.54) is 0 Å². The number of hydrogen-bond donors (Lipinski definition) is 2. The molecule has 0 saturated carbocycles. The molecule has 34 heavy (non-hydrogen) atoms. The maximum atomic E-state index is 12.9. The van der Waals surface area contributed by atoms with Gasteiger partial charge in [-0.2, -0.15) is 0 Å². The number of hydrogen-bond acceptors (Lipinski definition) is 7. The van der Waals surface area contributed by atoms with Gasteiger partial charge in [0, 0.05) is 37.6 Å². The first-order valence-electron chi connectivity index (χ1n) is 11.2. The second-order valence-electron chi connectivity index (χ2n) is 7.92. The Morgan fingerprint density at radius 1 is 1.06 bits per heavy atom. The second-order valence-corrected chi connectivity index (χ2v) is 7.92. The normalized spacial score (nSPS) is 14.1. The van der Waals surface area contributed by atoms with E-state index in [0.717, 1.165) is 49.5 Å². The Morgan fingerprint density at radius 2 is 1.85 bits per heavy atom. The molecule has 0 bridgehead atoms. The molecule has 9 nitrogen and oxygen atoms in total. The predicted octanol–water partition coefficient (Wildman–Crippen LogP) is 2.83. The highest BCUT2D eigenvalue weighted by Gasteiger charge is 2.19. The molecule has 0 spiro atoms. The van der Waals surface area contributed by atoms with Crippen molar-refractivity contribution in [2.24, 2.45) is 0 Å². The van der Waals surface area contributed by atoms with Crippen molar-refractivity contribution < 1.29 is 28.5 Å². The van der Waals surface area contributed by atoms with Crippen LogP contribution in [0.4, 0.5) is 0 Å². The van der Waals surface area contributed by atoms with Gasteiger partial charge in [0.15, 0.2) is 11.5 Å². The fourth-order valence-corrected chi connectivity index (χ4v) is 4.00. The monoisotopic (exact) mass is 469 g/mol. The summed E-state index contributed by atoms with van der Waals surface area (Å²) in [7, 11) is 4.68. The minimum Gasteiger partial charge on any atom is -0.496 e. The molecule has 1 amide bonds. The number of nitrogens with zero attached hydrogens (tertiary/aromatic N) is 1. The first-order valence-corrected chi connectivity index (χ1v) is 11.2. The first kappa shape index (κ1) is 23.7. The molecule has 1 aliphatic heterocycles. The van der Waals surface area contributed by atoms with Crippen molar-refractivity contribution in [3.63, 3.8) is 0 Å². The van der Waals surface area contributed by atoms with Crippen LogP contribution in [0.5, 0.6) is 23.0 Å². The third-order valence-corrected chi connectivity index (χ3v) is 5.82. The topological polar surface area (TPSA) is 94.3 Å². The van der Waals surface area contributed by atoms with Crippen LogP contribution < -0.4 is 24.3 Å². The van der Waals surface area contributed by atoms with Crippen molar-refractivity contribution in [3.05, 3.63) is 47.7 Å². The van der Waals surface area contributed by atoms with Gasteiger partial charge >= 0.3 is 0 Å². The molecule has 1 fully saturated rings. The lowest BCUT2D eigenvalue weighted by atomic mass is 10.2. The fourth-order valence-electron chi connectivity index (χ4n) is 4.00. The molecule has 2 heterocycles. The Labute approximate surface area is 198 Å². The maximum Gasteiger partial charge on any atom is 0.268 e. The molecule has 1 aliphatic rings. The van der Waals surface area contributed by atoms with Crippen LogP contribution in [-0.2, 0) is 11.3 Å². The lowest BCUT2D eigenvalue weighted by Gasteiger charge is -2.26. The number of ether oxygens (including phenoxy) is 5. The van der Waals surface area contributed by atoms with Gasteiger partial charge in [-0.1, -0.05) is 12.1 Å². The van der Waals surface area contributed by atoms with Crippen LogP contribution in [0, 0.1) is 0 Å². The minimum absolute atomic E-state index is 0.238. The quantitative estimate of drug-likeness (QED) is 0.472. The van der Waals surface area contributed by atoms with Gasteiger partial charge in [0.05, 0.1) is 40.1 Å². The van der Waals surface area contributed by atoms with Crippen LogP contribution in [0.3, 0.4) is 0 Å². The van der Waals surface area contributed by atoms with Gasteiger partial charge in [-0.3, -0.25) is 9.69 Å². The molecule has 1 saturated heterocycles. The molecule has 0 aliphatic carbocycles. The molecular weight excluding hydrogens is 438 g/mol. The minimum atomic E-state index is -0.238. The number of amides is 1. The molecule has 2 aromatic carbocycles. The van der Waals surface area contributed by atoms with E-state index < -0.39 is 0 Å². The van der Waals surface area contributed by atoms with Crippen molar-refractivity contribution in [1.29, 1.82) is 0 Å². The van der Waals surface area contributed by atoms with E-state index >= 15 is 0 Å². The second kappa shape index (κ2) is 11.1. The zero-order valence-corrected chi connectivity index (χ0v) is 19.8. The number of aromatic amines is 1. The van der Waals surface area contributed by atoms with Crippen molar-refractivity contribution in [3.8, 4) is 23.0 Å². The highest BCUT2D eigenvalue weighted by atomic mass is 16.5. The Kier molecular flexibility index (Phi) is 7.76. The average molecular weight is 470 g/mol. The number of carbonyl (C=O) groups is 1. The summed E-state index contributed by atoms with van der Waals surface area (Å²) < 4.78 is 27.6. The van der Waals surface area contributed by atoms with Crippen molar-refractivity contribution in [2.45, 2.75) is 6.54 Å². The summed E-state index contributed by atoms with van der Waals surface area (Å²) in [5, 5.41) is 3.69. The van der Waals surface area contributed by atoms with Crippen LogP contribution >= 0.6 is 0 Å². The van der Waals surface area contributed by atoms with Crippen LogP contribution in [0.25, 0.3) is 10.9 Å². The predicted molar refractivity (Wildman–Crippen MR) is 128 cm³/mol. The highest BCUT2D eigenvalue weighted by Crippen LogP contribution is 2.41. The lowest BCUT2D eigenvalue weighted by Crippen LogP contribution is -2.38. The van der Waals surface area contributed by atoms with Gasteiger partial charge in [-0.25, -0.2) is 0 Å². The third-order valence-electron chi connectivity index (χ3n) is 5.82. The number of methoxy groups -OCH3 is 3. The van der Waals surface area contributed by atoms with Gasteiger partial charge in [-0.15, -0.1) is 0 Å². The van der Waals surface area contributed by atoms with Crippen molar-refractivity contribution in [1.82, 2.24) is 15.2 Å². The Morgan fingerprint density at radius 3 is 2.59 bits per heavy atom. The van der Waals surface area contributed by atoms with Gasteiger partial charge in [-0.05, 0) is 23.8 Å². The molecule has 1 aromatic heterocycles. The molecule has 0 unspecified atom stereocenters. The van der Waals surface area contributed by atoms with Crippen LogP contribution in [0.1, 0.15) is 16.1 Å². The summed E-state index contributed by atoms with van der Waals surface area (Å²) in [6.45, 7) is 5.27. The van der Waals surface area contributed by atoms with Gasteiger partial charge in [0.25, 0.3) is 5.91 Å². The van der Waals surface area contributed by atoms with E-state index in [-0.39, 0.29) is 5.91 Å². The molecule has 4 rings (SSSR count). The number of rotatable bonds is 10. The van der Waals surface area contributed by atoms with E-state index in [2.05, 4.69) is 15.2 Å². The largest absolute Gasteiger partial charge is 0.496 e. The third kappa shape index (κ3) is 5.37. The van der Waals surface area contributed by atoms with Crippen LogP contribution in [0.15, 0.2) is 36.4 Å². The summed E-state index contributed by atoms with van der Waals surface area (Å²) in [4.78, 5) is 18.3. The summed E-state index contributed by atoms with van der Waals surface area (Å²) in [5.74, 6) is 2.17. The van der Waals surface area contributed by atoms with Crippen molar-refractivity contribution >= 4 is 16.8 Å². The molecule has 3 aromatic rings. The van der Waals surface area contributed by atoms with Gasteiger partial charge < -0.3 is 34.0 Å². The highest BCUT2D eigenvalue weighted by molar-refractivity contribution is 6.02. The number of aromatic nitrogens is 1. The van der Waals surface area contributed by atoms with Gasteiger partial charge in [0.1, 0.15) is 23.8 Å². The Hall–Kier alpha value is -3.43. The lowest BCUT2D eigenvalue weighted by molar-refractivity contribution is 0.0322. The average Bonchev–Trinajstić information content (AvgIpc) is 3.32. The molecule has 182 valence electrons. The number of fused-ring (bicyclic) bond motifs is 1. The SMILES string of the molecule is COc1cc(OC)c2cc(C(=O)NCc3cccc(OCCN4CCOCC4)c3)[nH]c2c1OC. The number of nitrogens with one attached hydrogen (secondary N) is 2. The van der Waals surface area contributed by atoms with Crippen LogP contribution in [0.2, 0.25) is 0 Å². The van der Waals surface area contributed by atoms with E-state index in [1.54, 1.807) is 33.5 Å². The van der Waals surface area contributed by atoms with Crippen molar-refractivity contribution in [2.75, 3.05) is 60.8 Å². The molecular formula is C25H31N3O6. The molecule has 2 N–H and O–H groups in total. The molecule has 9 heteroatoms. The number of carbonyl (C=O) groups excluding carboxylic acids is 1. The number of benzene rings is 2. The Balaban J connectivity index is 1.39. The summed E-state index contributed by atoms with van der Waals surface area (Å²) in [6, 6.07) is 11.2. The fraction of sp³-hybridized carbons (Fsp3) is 0.400. The summed E-state index contributed by atoms with van der Waals surface area (Å²) >= 11 is 0. The van der Waals surface area contributed by atoms with Crippen LogP contribution in [-0.4, -0.2) is 76.6 Å². The standard InChI is InChI=1S/C25H31N3O6/c1-30-21-15-22(31-2)24(32-3)23-19(21)14-20(27-23)25(29)26-16-17-5-4-6-18(13-17)34-12-9-28-7-10-33-11-8-28/h4-6,13-15,27H,7-12,16H2,1-3H3,(H,26,29). The van der Waals surface area contributed by atoms with E-state index in [4.69, 9.17) is 23.7 Å². The summed E-state index contributed by atoms with van der Waals surface area (Å²) in [6.07, 6.45) is 0. The smallest absolute Gasteiger partial charge is 0.268 e. The van der Waals surface area contributed by atoms with E-state index in [0.29, 0.717) is 41.6 Å². The number of H-pyrrole nitrogens is 1. The first-order chi connectivity index (χ1) is 16.6.